The average Bonchev–Trinajstić information content (AvgIpc) is 3.21. The first kappa shape index (κ1) is 17.5. The summed E-state index contributed by atoms with van der Waals surface area (Å²) in [6.07, 6.45) is 3.77. The van der Waals surface area contributed by atoms with Gasteiger partial charge in [-0.2, -0.15) is 0 Å². The molecule has 1 fully saturated rings. The van der Waals surface area contributed by atoms with Gasteiger partial charge >= 0.3 is 0 Å². The molecule has 0 spiro atoms. The van der Waals surface area contributed by atoms with Crippen LogP contribution in [0, 0.1) is 11.7 Å². The first-order valence-electron chi connectivity index (χ1n) is 7.47. The molecular formula is C17H20ClFN2O2. The van der Waals surface area contributed by atoms with E-state index >= 15 is 0 Å². The Bertz CT molecular complexity index is 653. The van der Waals surface area contributed by atoms with Crippen molar-refractivity contribution in [1.29, 1.82) is 0 Å². The summed E-state index contributed by atoms with van der Waals surface area (Å²) in [7, 11) is 0. The number of rotatable bonds is 6. The van der Waals surface area contributed by atoms with Crippen molar-refractivity contribution in [1.82, 2.24) is 4.90 Å². The van der Waals surface area contributed by atoms with Gasteiger partial charge in [0.15, 0.2) is 0 Å². The van der Waals surface area contributed by atoms with Gasteiger partial charge in [0, 0.05) is 13.1 Å². The zero-order valence-electron chi connectivity index (χ0n) is 12.7. The summed E-state index contributed by atoms with van der Waals surface area (Å²) in [6.45, 7) is 1.46. The van der Waals surface area contributed by atoms with Gasteiger partial charge in [-0.25, -0.2) is 4.39 Å². The number of benzene rings is 1. The quantitative estimate of drug-likeness (QED) is 0.878. The van der Waals surface area contributed by atoms with Crippen molar-refractivity contribution in [2.45, 2.75) is 25.9 Å². The number of carbonyl (C=O) groups is 1. The van der Waals surface area contributed by atoms with Crippen LogP contribution < -0.4 is 5.73 Å². The summed E-state index contributed by atoms with van der Waals surface area (Å²) in [5.74, 6) is 0.827. The Hall–Kier alpha value is -1.85. The van der Waals surface area contributed by atoms with Crippen LogP contribution in [-0.4, -0.2) is 17.4 Å². The third kappa shape index (κ3) is 4.56. The SMILES string of the molecule is Cl.NCc1cc(C(=O)N(Cc2ccc(F)cc2)CC2CC2)co1. The first-order valence-corrected chi connectivity index (χ1v) is 7.47. The Kier molecular flexibility index (Phi) is 5.80. The molecule has 0 atom stereocenters. The van der Waals surface area contributed by atoms with E-state index in [4.69, 9.17) is 10.2 Å². The molecule has 1 aromatic carbocycles. The van der Waals surface area contributed by atoms with E-state index in [0.717, 1.165) is 24.9 Å². The molecule has 3 rings (SSSR count). The predicted octanol–water partition coefficient (Wildman–Crippen LogP) is 3.35. The maximum absolute atomic E-state index is 13.0. The molecule has 4 nitrogen and oxygen atoms in total. The van der Waals surface area contributed by atoms with Crippen molar-refractivity contribution in [2.24, 2.45) is 11.7 Å². The van der Waals surface area contributed by atoms with Crippen molar-refractivity contribution < 1.29 is 13.6 Å². The Balaban J connectivity index is 0.00000192. The van der Waals surface area contributed by atoms with Gasteiger partial charge in [0.1, 0.15) is 17.8 Å². The van der Waals surface area contributed by atoms with Crippen molar-refractivity contribution in [3.63, 3.8) is 0 Å². The molecule has 124 valence electrons. The van der Waals surface area contributed by atoms with E-state index in [-0.39, 0.29) is 30.7 Å². The molecule has 1 heterocycles. The van der Waals surface area contributed by atoms with E-state index in [9.17, 15) is 9.18 Å². The van der Waals surface area contributed by atoms with Gasteiger partial charge in [-0.1, -0.05) is 12.1 Å². The molecule has 0 aliphatic heterocycles. The fraction of sp³-hybridized carbons (Fsp3) is 0.353. The summed E-state index contributed by atoms with van der Waals surface area (Å²) in [4.78, 5) is 14.5. The number of furan rings is 1. The molecule has 2 aromatic rings. The molecule has 1 aliphatic rings. The van der Waals surface area contributed by atoms with Crippen molar-refractivity contribution >= 4 is 18.3 Å². The minimum absolute atomic E-state index is 0. The number of hydrogen-bond acceptors (Lipinski definition) is 3. The first-order chi connectivity index (χ1) is 10.7. The van der Waals surface area contributed by atoms with E-state index in [2.05, 4.69) is 0 Å². The van der Waals surface area contributed by atoms with Crippen LogP contribution >= 0.6 is 12.4 Å². The third-order valence-corrected chi connectivity index (χ3v) is 3.85. The third-order valence-electron chi connectivity index (χ3n) is 3.85. The second-order valence-electron chi connectivity index (χ2n) is 5.76. The van der Waals surface area contributed by atoms with Crippen molar-refractivity contribution in [3.05, 3.63) is 59.3 Å². The van der Waals surface area contributed by atoms with Gasteiger partial charge in [0.2, 0.25) is 0 Å². The topological polar surface area (TPSA) is 59.5 Å². The van der Waals surface area contributed by atoms with Gasteiger partial charge in [-0.15, -0.1) is 12.4 Å². The van der Waals surface area contributed by atoms with E-state index in [1.54, 1.807) is 23.1 Å². The Labute approximate surface area is 140 Å². The van der Waals surface area contributed by atoms with Crippen LogP contribution in [0.5, 0.6) is 0 Å². The molecule has 23 heavy (non-hydrogen) atoms. The second-order valence-corrected chi connectivity index (χ2v) is 5.76. The number of amides is 1. The molecule has 1 aromatic heterocycles. The Morgan fingerprint density at radius 2 is 2.00 bits per heavy atom. The lowest BCUT2D eigenvalue weighted by molar-refractivity contribution is 0.0734. The van der Waals surface area contributed by atoms with Crippen LogP contribution in [-0.2, 0) is 13.1 Å². The number of carbonyl (C=O) groups excluding carboxylic acids is 1. The summed E-state index contributed by atoms with van der Waals surface area (Å²) >= 11 is 0. The van der Waals surface area contributed by atoms with Crippen molar-refractivity contribution in [3.8, 4) is 0 Å². The van der Waals surface area contributed by atoms with Crippen LogP contribution in [0.4, 0.5) is 4.39 Å². The molecule has 0 unspecified atom stereocenters. The van der Waals surface area contributed by atoms with Crippen LogP contribution in [0.15, 0.2) is 41.0 Å². The van der Waals surface area contributed by atoms with Crippen molar-refractivity contribution in [2.75, 3.05) is 6.54 Å². The maximum atomic E-state index is 13.0. The molecule has 0 saturated heterocycles. The van der Waals surface area contributed by atoms with Gasteiger partial charge < -0.3 is 15.1 Å². The number of nitrogens with two attached hydrogens (primary N) is 1. The zero-order valence-corrected chi connectivity index (χ0v) is 13.5. The lowest BCUT2D eigenvalue weighted by Crippen LogP contribution is -2.32. The highest BCUT2D eigenvalue weighted by Crippen LogP contribution is 2.31. The van der Waals surface area contributed by atoms with Crippen LogP contribution in [0.25, 0.3) is 0 Å². The Morgan fingerprint density at radius 1 is 1.30 bits per heavy atom. The minimum atomic E-state index is -0.272. The summed E-state index contributed by atoms with van der Waals surface area (Å²) in [6, 6.07) is 7.94. The van der Waals surface area contributed by atoms with Crippen LogP contribution in [0.1, 0.15) is 34.5 Å². The summed E-state index contributed by atoms with van der Waals surface area (Å²) < 4.78 is 18.3. The molecule has 2 N–H and O–H groups in total. The Morgan fingerprint density at radius 3 is 2.57 bits per heavy atom. The lowest BCUT2D eigenvalue weighted by atomic mass is 10.1. The smallest absolute Gasteiger partial charge is 0.257 e. The van der Waals surface area contributed by atoms with Gasteiger partial charge in [0.05, 0.1) is 12.1 Å². The fourth-order valence-corrected chi connectivity index (χ4v) is 2.42. The van der Waals surface area contributed by atoms with E-state index in [1.807, 2.05) is 0 Å². The summed E-state index contributed by atoms with van der Waals surface area (Å²) in [5.41, 5.74) is 6.95. The van der Waals surface area contributed by atoms with E-state index in [1.165, 1.54) is 18.4 Å². The van der Waals surface area contributed by atoms with E-state index < -0.39 is 0 Å². The number of nitrogens with zero attached hydrogens (tertiary/aromatic N) is 1. The zero-order chi connectivity index (χ0) is 15.5. The predicted molar refractivity (Wildman–Crippen MR) is 87.7 cm³/mol. The second kappa shape index (κ2) is 7.62. The number of halogens is 2. The molecule has 1 aliphatic carbocycles. The molecule has 1 amide bonds. The average molecular weight is 339 g/mol. The maximum Gasteiger partial charge on any atom is 0.257 e. The van der Waals surface area contributed by atoms with Gasteiger partial charge in [-0.05, 0) is 42.5 Å². The standard InChI is InChI=1S/C17H19FN2O2.ClH/c18-15-5-3-13(4-6-15)10-20(9-12-1-2-12)17(21)14-7-16(8-19)22-11-14;/h3-7,11-12H,1-2,8-10,19H2;1H. The minimum Gasteiger partial charge on any atom is -0.467 e. The summed E-state index contributed by atoms with van der Waals surface area (Å²) in [5, 5.41) is 0. The highest BCUT2D eigenvalue weighted by atomic mass is 35.5. The van der Waals surface area contributed by atoms with Gasteiger partial charge in [-0.3, -0.25) is 4.79 Å². The van der Waals surface area contributed by atoms with Crippen LogP contribution in [0.3, 0.4) is 0 Å². The molecule has 0 radical (unpaired) electrons. The molecule has 0 bridgehead atoms. The number of hydrogen-bond donors (Lipinski definition) is 1. The normalized spacial score (nSPS) is 13.5. The molecule has 6 heteroatoms. The molecular weight excluding hydrogens is 319 g/mol. The monoisotopic (exact) mass is 338 g/mol. The highest BCUT2D eigenvalue weighted by molar-refractivity contribution is 5.94. The molecule has 1 saturated carbocycles. The largest absolute Gasteiger partial charge is 0.467 e. The fourth-order valence-electron chi connectivity index (χ4n) is 2.42. The highest BCUT2D eigenvalue weighted by Gasteiger charge is 2.28. The lowest BCUT2D eigenvalue weighted by Gasteiger charge is -2.22. The van der Waals surface area contributed by atoms with E-state index in [0.29, 0.717) is 23.8 Å². The van der Waals surface area contributed by atoms with Gasteiger partial charge in [0.25, 0.3) is 5.91 Å². The van der Waals surface area contributed by atoms with Crippen LogP contribution in [0.2, 0.25) is 0 Å².